The van der Waals surface area contributed by atoms with Crippen molar-refractivity contribution in [1.82, 2.24) is 0 Å². The van der Waals surface area contributed by atoms with E-state index in [2.05, 4.69) is 11.4 Å². The summed E-state index contributed by atoms with van der Waals surface area (Å²) >= 11 is 12.5. The number of esters is 1. The van der Waals surface area contributed by atoms with E-state index >= 15 is 0 Å². The lowest BCUT2D eigenvalue weighted by atomic mass is 9.81. The molecule has 1 heterocycles. The highest BCUT2D eigenvalue weighted by molar-refractivity contribution is 6.31. The third-order valence-electron chi connectivity index (χ3n) is 5.34. The minimum atomic E-state index is -1.74. The SMILES string of the molecule is CC(C)(C)OC(=O)[C@@]1(C#N)Nc2ccc(Cl)cc2N(c2ccc(Cl)cc2)[C@@H]1c1ccccc1. The Morgan fingerprint density at radius 2 is 1.67 bits per heavy atom. The Balaban J connectivity index is 2.03. The van der Waals surface area contributed by atoms with E-state index in [4.69, 9.17) is 27.9 Å². The van der Waals surface area contributed by atoms with E-state index in [9.17, 15) is 10.1 Å². The molecule has 33 heavy (non-hydrogen) atoms. The highest BCUT2D eigenvalue weighted by atomic mass is 35.5. The van der Waals surface area contributed by atoms with E-state index in [1.54, 1.807) is 45.0 Å². The quantitative estimate of drug-likeness (QED) is 0.413. The Morgan fingerprint density at radius 1 is 1.03 bits per heavy atom. The predicted octanol–water partition coefficient (Wildman–Crippen LogP) is 6.90. The van der Waals surface area contributed by atoms with Gasteiger partial charge in [-0.25, -0.2) is 4.79 Å². The number of nitrogens with zero attached hydrogens (tertiary/aromatic N) is 2. The molecule has 2 atom stereocenters. The number of nitrogens with one attached hydrogen (secondary N) is 1. The molecule has 0 unspecified atom stereocenters. The Kier molecular flexibility index (Phi) is 6.00. The fourth-order valence-electron chi connectivity index (χ4n) is 4.00. The van der Waals surface area contributed by atoms with Gasteiger partial charge in [0, 0.05) is 15.7 Å². The van der Waals surface area contributed by atoms with Crippen LogP contribution < -0.4 is 10.2 Å². The standard InChI is InChI=1S/C26H23Cl2N3O2/c1-25(2,3)33-24(32)26(16-29)23(17-7-5-4-6-8-17)31(20-12-9-18(27)10-13-20)22-15-19(28)11-14-21(22)30-26/h4-15,23,30H,1-3H3/t23-,26+/m1/s1. The molecular weight excluding hydrogens is 457 g/mol. The van der Waals surface area contributed by atoms with Crippen molar-refractivity contribution in [1.29, 1.82) is 5.26 Å². The van der Waals surface area contributed by atoms with Gasteiger partial charge in [0.05, 0.1) is 11.4 Å². The summed E-state index contributed by atoms with van der Waals surface area (Å²) < 4.78 is 5.77. The number of anilines is 3. The van der Waals surface area contributed by atoms with Gasteiger partial charge in [0.25, 0.3) is 0 Å². The molecule has 0 saturated heterocycles. The molecule has 1 N–H and O–H groups in total. The van der Waals surface area contributed by atoms with Gasteiger partial charge in [-0.3, -0.25) is 0 Å². The molecule has 3 aromatic carbocycles. The highest BCUT2D eigenvalue weighted by Crippen LogP contribution is 2.51. The Bertz CT molecular complexity index is 1220. The predicted molar refractivity (Wildman–Crippen MR) is 132 cm³/mol. The fourth-order valence-corrected chi connectivity index (χ4v) is 4.30. The first-order valence-corrected chi connectivity index (χ1v) is 11.2. The average molecular weight is 480 g/mol. The van der Waals surface area contributed by atoms with Crippen molar-refractivity contribution in [2.45, 2.75) is 38.0 Å². The maximum absolute atomic E-state index is 13.7. The molecular formula is C26H23Cl2N3O2. The molecule has 0 fully saturated rings. The summed E-state index contributed by atoms with van der Waals surface area (Å²) in [5.41, 5.74) is 0.311. The van der Waals surface area contributed by atoms with E-state index in [0.717, 1.165) is 16.9 Å². The zero-order valence-electron chi connectivity index (χ0n) is 18.5. The molecule has 168 valence electrons. The fraction of sp³-hybridized carbons (Fsp3) is 0.231. The molecule has 0 aliphatic carbocycles. The summed E-state index contributed by atoms with van der Waals surface area (Å²) in [6.45, 7) is 5.34. The van der Waals surface area contributed by atoms with Crippen LogP contribution in [0.25, 0.3) is 0 Å². The van der Waals surface area contributed by atoms with Crippen molar-refractivity contribution >= 4 is 46.2 Å². The van der Waals surface area contributed by atoms with Gasteiger partial charge < -0.3 is 15.0 Å². The number of benzene rings is 3. The van der Waals surface area contributed by atoms with Crippen LogP contribution in [0.4, 0.5) is 17.1 Å². The van der Waals surface area contributed by atoms with Crippen molar-refractivity contribution < 1.29 is 9.53 Å². The lowest BCUT2D eigenvalue weighted by molar-refractivity contribution is -0.159. The van der Waals surface area contributed by atoms with E-state index in [0.29, 0.717) is 15.7 Å². The first-order chi connectivity index (χ1) is 15.6. The molecule has 3 aromatic rings. The monoisotopic (exact) mass is 479 g/mol. The third kappa shape index (κ3) is 4.37. The molecule has 7 heteroatoms. The molecule has 1 aliphatic rings. The topological polar surface area (TPSA) is 65.4 Å². The van der Waals surface area contributed by atoms with Crippen LogP contribution in [0.2, 0.25) is 10.0 Å². The van der Waals surface area contributed by atoms with Crippen LogP contribution in [0.5, 0.6) is 0 Å². The van der Waals surface area contributed by atoms with Crippen molar-refractivity contribution in [2.24, 2.45) is 0 Å². The van der Waals surface area contributed by atoms with E-state index in [1.807, 2.05) is 53.4 Å². The number of nitriles is 1. The number of hydrogen-bond donors (Lipinski definition) is 1. The molecule has 0 saturated carbocycles. The number of rotatable bonds is 3. The molecule has 5 nitrogen and oxygen atoms in total. The molecule has 0 spiro atoms. The van der Waals surface area contributed by atoms with Gasteiger partial charge >= 0.3 is 5.97 Å². The average Bonchev–Trinajstić information content (AvgIpc) is 2.78. The number of ether oxygens (including phenoxy) is 1. The minimum Gasteiger partial charge on any atom is -0.457 e. The lowest BCUT2D eigenvalue weighted by Crippen LogP contribution is -2.59. The third-order valence-corrected chi connectivity index (χ3v) is 5.82. The largest absolute Gasteiger partial charge is 0.457 e. The normalized spacial score (nSPS) is 19.8. The summed E-state index contributed by atoms with van der Waals surface area (Å²) in [6, 6.07) is 23.5. The summed E-state index contributed by atoms with van der Waals surface area (Å²) in [5.74, 6) is -0.661. The van der Waals surface area contributed by atoms with Gasteiger partial charge in [0.2, 0.25) is 5.54 Å². The summed E-state index contributed by atoms with van der Waals surface area (Å²) in [6.07, 6.45) is 0. The maximum atomic E-state index is 13.7. The van der Waals surface area contributed by atoms with Crippen LogP contribution in [0.3, 0.4) is 0 Å². The number of carbonyl (C=O) groups excluding carboxylic acids is 1. The van der Waals surface area contributed by atoms with Crippen LogP contribution in [-0.4, -0.2) is 17.1 Å². The van der Waals surface area contributed by atoms with Gasteiger partial charge in [0.15, 0.2) is 0 Å². The summed E-state index contributed by atoms with van der Waals surface area (Å²) in [5, 5.41) is 14.9. The second-order valence-electron chi connectivity index (χ2n) is 8.87. The van der Waals surface area contributed by atoms with Crippen molar-refractivity contribution in [3.63, 3.8) is 0 Å². The van der Waals surface area contributed by atoms with Crippen LogP contribution in [0.15, 0.2) is 72.8 Å². The summed E-state index contributed by atoms with van der Waals surface area (Å²) in [7, 11) is 0. The van der Waals surface area contributed by atoms with Crippen LogP contribution >= 0.6 is 23.2 Å². The van der Waals surface area contributed by atoms with Gasteiger partial charge in [-0.05, 0) is 68.8 Å². The van der Waals surface area contributed by atoms with Gasteiger partial charge in [-0.2, -0.15) is 5.26 Å². The number of hydrogen-bond acceptors (Lipinski definition) is 5. The van der Waals surface area contributed by atoms with Crippen molar-refractivity contribution in [3.8, 4) is 6.07 Å². The minimum absolute atomic E-state index is 0.531. The van der Waals surface area contributed by atoms with E-state index in [1.165, 1.54) is 0 Å². The molecule has 0 amide bonds. The van der Waals surface area contributed by atoms with Crippen LogP contribution in [0.1, 0.15) is 32.4 Å². The molecule has 0 aromatic heterocycles. The Hall–Kier alpha value is -3.20. The van der Waals surface area contributed by atoms with Crippen molar-refractivity contribution in [2.75, 3.05) is 10.2 Å². The first-order valence-electron chi connectivity index (χ1n) is 10.5. The molecule has 0 radical (unpaired) electrons. The smallest absolute Gasteiger partial charge is 0.349 e. The second kappa shape index (κ2) is 8.62. The second-order valence-corrected chi connectivity index (χ2v) is 9.74. The van der Waals surface area contributed by atoms with E-state index in [-0.39, 0.29) is 0 Å². The lowest BCUT2D eigenvalue weighted by Gasteiger charge is -2.48. The van der Waals surface area contributed by atoms with Crippen LogP contribution in [0, 0.1) is 11.3 Å². The zero-order valence-corrected chi connectivity index (χ0v) is 20.0. The zero-order chi connectivity index (χ0) is 23.8. The maximum Gasteiger partial charge on any atom is 0.349 e. The first kappa shape index (κ1) is 23.0. The van der Waals surface area contributed by atoms with Crippen LogP contribution in [-0.2, 0) is 9.53 Å². The van der Waals surface area contributed by atoms with Gasteiger partial charge in [-0.15, -0.1) is 0 Å². The molecule has 4 rings (SSSR count). The Morgan fingerprint density at radius 3 is 2.27 bits per heavy atom. The van der Waals surface area contributed by atoms with E-state index < -0.39 is 23.2 Å². The molecule has 1 aliphatic heterocycles. The van der Waals surface area contributed by atoms with Gasteiger partial charge in [-0.1, -0.05) is 53.5 Å². The Labute approximate surface area is 203 Å². The highest BCUT2D eigenvalue weighted by Gasteiger charge is 2.56. The number of halogens is 2. The molecule has 0 bridgehead atoms. The number of fused-ring (bicyclic) bond motifs is 1. The van der Waals surface area contributed by atoms with Crippen molar-refractivity contribution in [3.05, 3.63) is 88.4 Å². The van der Waals surface area contributed by atoms with Gasteiger partial charge in [0.1, 0.15) is 17.7 Å². The summed E-state index contributed by atoms with van der Waals surface area (Å²) in [4.78, 5) is 15.6. The number of carbonyl (C=O) groups is 1.